The minimum Gasteiger partial charge on any atom is -0.512 e. The summed E-state index contributed by atoms with van der Waals surface area (Å²) in [6.07, 6.45) is 2.28. The predicted octanol–water partition coefficient (Wildman–Crippen LogP) is 4.74. The standard InChI is InChI=1S/C24H28N2O4/c1-4-21(27)20(17-10-8-11-19(14-17)24(25)26)13-16(3)30-22-12-7-6-9-18(22)15-23(28)29-5-2/h6-14,27H,4-5,15H2,1-3H3,(H3,25,26)/b16-13+,21-20-. The summed E-state index contributed by atoms with van der Waals surface area (Å²) in [6, 6.07) is 14.4. The van der Waals surface area contributed by atoms with Gasteiger partial charge in [0, 0.05) is 23.1 Å². The SMILES string of the molecule is CCOC(=O)Cc1ccccc1O/C(C)=C/C(=C(/O)CC)c1cccc(C(=N)N)c1. The normalized spacial score (nSPS) is 12.2. The largest absolute Gasteiger partial charge is 0.512 e. The van der Waals surface area contributed by atoms with Crippen LogP contribution in [0.1, 0.15) is 43.9 Å². The third-order valence-electron chi connectivity index (χ3n) is 4.36. The lowest BCUT2D eigenvalue weighted by Crippen LogP contribution is -2.11. The highest BCUT2D eigenvalue weighted by Crippen LogP contribution is 2.26. The minimum absolute atomic E-state index is 0.0444. The van der Waals surface area contributed by atoms with Crippen molar-refractivity contribution < 1.29 is 19.4 Å². The van der Waals surface area contributed by atoms with Gasteiger partial charge in [-0.1, -0.05) is 43.3 Å². The van der Waals surface area contributed by atoms with Gasteiger partial charge in [-0.2, -0.15) is 0 Å². The molecule has 30 heavy (non-hydrogen) atoms. The van der Waals surface area contributed by atoms with Crippen LogP contribution < -0.4 is 10.5 Å². The van der Waals surface area contributed by atoms with Crippen LogP contribution in [0.25, 0.3) is 5.57 Å². The molecule has 0 bridgehead atoms. The lowest BCUT2D eigenvalue weighted by molar-refractivity contribution is -0.142. The highest BCUT2D eigenvalue weighted by Gasteiger charge is 2.12. The van der Waals surface area contributed by atoms with Crippen LogP contribution in [0, 0.1) is 5.41 Å². The zero-order chi connectivity index (χ0) is 22.1. The van der Waals surface area contributed by atoms with Gasteiger partial charge in [0.1, 0.15) is 17.3 Å². The topological polar surface area (TPSA) is 106 Å². The molecule has 0 unspecified atom stereocenters. The number of nitrogens with two attached hydrogens (primary N) is 1. The van der Waals surface area contributed by atoms with Gasteiger partial charge >= 0.3 is 5.97 Å². The third-order valence-corrected chi connectivity index (χ3v) is 4.36. The van der Waals surface area contributed by atoms with E-state index in [0.29, 0.717) is 41.2 Å². The van der Waals surface area contributed by atoms with Crippen LogP contribution in [-0.4, -0.2) is 23.5 Å². The first kappa shape index (κ1) is 22.7. The molecule has 158 valence electrons. The number of aliphatic hydroxyl groups is 1. The lowest BCUT2D eigenvalue weighted by Gasteiger charge is -2.13. The predicted molar refractivity (Wildman–Crippen MR) is 118 cm³/mol. The number of hydrogen-bond donors (Lipinski definition) is 3. The van der Waals surface area contributed by atoms with E-state index in [1.165, 1.54) is 0 Å². The number of esters is 1. The Morgan fingerprint density at radius 2 is 1.83 bits per heavy atom. The molecular weight excluding hydrogens is 380 g/mol. The molecule has 2 rings (SSSR count). The molecule has 0 aliphatic carbocycles. The highest BCUT2D eigenvalue weighted by molar-refractivity contribution is 5.96. The first-order valence-electron chi connectivity index (χ1n) is 9.82. The number of carbonyl (C=O) groups excluding carboxylic acids is 1. The van der Waals surface area contributed by atoms with Crippen LogP contribution in [0.15, 0.2) is 66.1 Å². The van der Waals surface area contributed by atoms with E-state index in [4.69, 9.17) is 20.6 Å². The fraction of sp³-hybridized carbons (Fsp3) is 0.250. The van der Waals surface area contributed by atoms with Crippen molar-refractivity contribution >= 4 is 17.4 Å². The Kier molecular flexibility index (Phi) is 8.23. The van der Waals surface area contributed by atoms with Gasteiger partial charge in [-0.15, -0.1) is 0 Å². The van der Waals surface area contributed by atoms with Crippen LogP contribution in [0.4, 0.5) is 0 Å². The van der Waals surface area contributed by atoms with E-state index in [0.717, 1.165) is 5.56 Å². The molecule has 0 aliphatic rings. The average Bonchev–Trinajstić information content (AvgIpc) is 2.73. The van der Waals surface area contributed by atoms with E-state index in [-0.39, 0.29) is 24.0 Å². The van der Waals surface area contributed by atoms with Crippen molar-refractivity contribution in [3.8, 4) is 5.75 Å². The number of allylic oxidation sites excluding steroid dienone is 4. The number of aliphatic hydroxyl groups excluding tert-OH is 1. The molecule has 2 aromatic rings. The minimum atomic E-state index is -0.319. The third kappa shape index (κ3) is 6.24. The number of nitrogen functional groups attached to an aromatic ring is 1. The fourth-order valence-electron chi connectivity index (χ4n) is 2.90. The number of ether oxygens (including phenoxy) is 2. The maximum atomic E-state index is 11.9. The van der Waals surface area contributed by atoms with Crippen LogP contribution in [-0.2, 0) is 16.0 Å². The number of benzene rings is 2. The summed E-state index contributed by atoms with van der Waals surface area (Å²) in [5.74, 6) is 0.914. The van der Waals surface area contributed by atoms with E-state index >= 15 is 0 Å². The smallest absolute Gasteiger partial charge is 0.310 e. The second kappa shape index (κ2) is 10.9. The van der Waals surface area contributed by atoms with Gasteiger partial charge < -0.3 is 20.3 Å². The van der Waals surface area contributed by atoms with Gasteiger partial charge in [-0.05, 0) is 37.6 Å². The number of hydrogen-bond acceptors (Lipinski definition) is 5. The number of para-hydroxylation sites is 1. The summed E-state index contributed by atoms with van der Waals surface area (Å²) < 4.78 is 11.0. The summed E-state index contributed by atoms with van der Waals surface area (Å²) >= 11 is 0. The lowest BCUT2D eigenvalue weighted by atomic mass is 10.00. The molecule has 0 radical (unpaired) electrons. The van der Waals surface area contributed by atoms with Crippen molar-refractivity contribution in [2.75, 3.05) is 6.61 Å². The Balaban J connectivity index is 2.35. The van der Waals surface area contributed by atoms with Crippen molar-refractivity contribution in [2.24, 2.45) is 5.73 Å². The van der Waals surface area contributed by atoms with Gasteiger partial charge in [0.15, 0.2) is 0 Å². The molecule has 6 nitrogen and oxygen atoms in total. The van der Waals surface area contributed by atoms with E-state index in [1.807, 2.05) is 31.2 Å². The Morgan fingerprint density at radius 3 is 2.50 bits per heavy atom. The Labute approximate surface area is 177 Å². The zero-order valence-corrected chi connectivity index (χ0v) is 17.6. The molecule has 0 amide bonds. The van der Waals surface area contributed by atoms with Crippen molar-refractivity contribution in [3.05, 3.63) is 82.8 Å². The van der Waals surface area contributed by atoms with E-state index < -0.39 is 0 Å². The Hall–Kier alpha value is -3.54. The molecule has 0 aromatic heterocycles. The zero-order valence-electron chi connectivity index (χ0n) is 17.6. The summed E-state index contributed by atoms with van der Waals surface area (Å²) in [4.78, 5) is 11.9. The van der Waals surface area contributed by atoms with Crippen molar-refractivity contribution in [1.82, 2.24) is 0 Å². The number of carbonyl (C=O) groups is 1. The number of rotatable bonds is 9. The summed E-state index contributed by atoms with van der Waals surface area (Å²) in [7, 11) is 0. The first-order valence-corrected chi connectivity index (χ1v) is 9.82. The van der Waals surface area contributed by atoms with Crippen molar-refractivity contribution in [3.63, 3.8) is 0 Å². The van der Waals surface area contributed by atoms with Gasteiger partial charge in [0.25, 0.3) is 0 Å². The molecule has 0 heterocycles. The highest BCUT2D eigenvalue weighted by atomic mass is 16.5. The Morgan fingerprint density at radius 1 is 1.13 bits per heavy atom. The van der Waals surface area contributed by atoms with E-state index in [2.05, 4.69) is 0 Å². The van der Waals surface area contributed by atoms with Crippen LogP contribution in [0.2, 0.25) is 0 Å². The van der Waals surface area contributed by atoms with Crippen LogP contribution in [0.5, 0.6) is 5.75 Å². The van der Waals surface area contributed by atoms with Gasteiger partial charge in [-0.3, -0.25) is 10.2 Å². The van der Waals surface area contributed by atoms with Crippen LogP contribution in [0.3, 0.4) is 0 Å². The van der Waals surface area contributed by atoms with E-state index in [1.54, 1.807) is 44.2 Å². The van der Waals surface area contributed by atoms with Gasteiger partial charge in [0.2, 0.25) is 0 Å². The number of nitrogens with one attached hydrogen (secondary N) is 1. The molecule has 2 aromatic carbocycles. The second-order valence-electron chi connectivity index (χ2n) is 6.65. The Bertz CT molecular complexity index is 977. The molecule has 6 heteroatoms. The molecule has 0 atom stereocenters. The maximum Gasteiger partial charge on any atom is 0.310 e. The summed E-state index contributed by atoms with van der Waals surface area (Å²) in [6.45, 7) is 5.72. The fourth-order valence-corrected chi connectivity index (χ4v) is 2.90. The van der Waals surface area contributed by atoms with E-state index in [9.17, 15) is 9.90 Å². The monoisotopic (exact) mass is 408 g/mol. The quantitative estimate of drug-likeness (QED) is 0.183. The molecule has 0 spiro atoms. The van der Waals surface area contributed by atoms with Gasteiger partial charge in [-0.25, -0.2) is 0 Å². The molecule has 0 fully saturated rings. The molecule has 4 N–H and O–H groups in total. The molecule has 0 saturated carbocycles. The summed E-state index contributed by atoms with van der Waals surface area (Å²) in [5.41, 5.74) is 8.20. The van der Waals surface area contributed by atoms with Crippen LogP contribution >= 0.6 is 0 Å². The maximum absolute atomic E-state index is 11.9. The molecule has 0 aliphatic heterocycles. The summed E-state index contributed by atoms with van der Waals surface area (Å²) in [5, 5.41) is 18.1. The van der Waals surface area contributed by atoms with Crippen molar-refractivity contribution in [1.29, 1.82) is 5.41 Å². The first-order chi connectivity index (χ1) is 14.3. The molecular formula is C24H28N2O4. The van der Waals surface area contributed by atoms with Crippen molar-refractivity contribution in [2.45, 2.75) is 33.6 Å². The second-order valence-corrected chi connectivity index (χ2v) is 6.65. The van der Waals surface area contributed by atoms with Gasteiger partial charge in [0.05, 0.1) is 18.8 Å². The molecule has 0 saturated heterocycles. The number of amidine groups is 1. The average molecular weight is 408 g/mol.